The van der Waals surface area contributed by atoms with E-state index in [-0.39, 0.29) is 18.1 Å². The smallest absolute Gasteiger partial charge is 0.323 e. The maximum atomic E-state index is 11.3. The fourth-order valence-corrected chi connectivity index (χ4v) is 2.01. The van der Waals surface area contributed by atoms with Crippen molar-refractivity contribution in [2.75, 3.05) is 13.7 Å². The molecule has 0 aliphatic carbocycles. The van der Waals surface area contributed by atoms with Crippen molar-refractivity contribution in [2.45, 2.75) is 32.4 Å². The van der Waals surface area contributed by atoms with Crippen LogP contribution in [0.15, 0.2) is 6.07 Å². The standard InChI is InChI=1S/C12H17N3O3/c1-7-4-8(2)15-12(14-7)18-9-5-10(13-6-9)11(16)17-3/h4,9-10,13H,5-6H2,1-3H3. The lowest BCUT2D eigenvalue weighted by atomic mass is 10.2. The van der Waals surface area contributed by atoms with Crippen molar-refractivity contribution in [3.05, 3.63) is 17.5 Å². The zero-order valence-electron chi connectivity index (χ0n) is 10.8. The van der Waals surface area contributed by atoms with Crippen LogP contribution in [-0.2, 0) is 9.53 Å². The van der Waals surface area contributed by atoms with E-state index in [1.807, 2.05) is 19.9 Å². The molecule has 18 heavy (non-hydrogen) atoms. The van der Waals surface area contributed by atoms with Gasteiger partial charge in [0.25, 0.3) is 0 Å². The molecule has 1 aliphatic rings. The van der Waals surface area contributed by atoms with Crippen LogP contribution < -0.4 is 10.1 Å². The number of esters is 1. The van der Waals surface area contributed by atoms with Crippen molar-refractivity contribution in [3.63, 3.8) is 0 Å². The van der Waals surface area contributed by atoms with Gasteiger partial charge in [-0.25, -0.2) is 9.97 Å². The van der Waals surface area contributed by atoms with Gasteiger partial charge in [0, 0.05) is 24.4 Å². The molecule has 1 aromatic rings. The van der Waals surface area contributed by atoms with Crippen LogP contribution in [-0.4, -0.2) is 41.7 Å². The van der Waals surface area contributed by atoms with E-state index in [0.29, 0.717) is 19.0 Å². The molecular formula is C12H17N3O3. The van der Waals surface area contributed by atoms with Gasteiger partial charge >= 0.3 is 12.0 Å². The Morgan fingerprint density at radius 3 is 2.67 bits per heavy atom. The molecule has 0 spiro atoms. The van der Waals surface area contributed by atoms with Crippen molar-refractivity contribution in [1.29, 1.82) is 0 Å². The molecule has 1 aromatic heterocycles. The first-order chi connectivity index (χ1) is 8.58. The summed E-state index contributed by atoms with van der Waals surface area (Å²) in [4.78, 5) is 19.8. The molecule has 1 fully saturated rings. The number of rotatable bonds is 3. The van der Waals surface area contributed by atoms with Crippen LogP contribution in [0.3, 0.4) is 0 Å². The Labute approximate surface area is 106 Å². The summed E-state index contributed by atoms with van der Waals surface area (Å²) in [6.07, 6.45) is 0.471. The van der Waals surface area contributed by atoms with Gasteiger partial charge in [-0.3, -0.25) is 4.79 Å². The number of aromatic nitrogens is 2. The van der Waals surface area contributed by atoms with Crippen LogP contribution in [0.5, 0.6) is 6.01 Å². The summed E-state index contributed by atoms with van der Waals surface area (Å²) >= 11 is 0. The normalized spacial score (nSPS) is 22.8. The zero-order valence-corrected chi connectivity index (χ0v) is 10.8. The maximum absolute atomic E-state index is 11.3. The third-order valence-corrected chi connectivity index (χ3v) is 2.81. The van der Waals surface area contributed by atoms with Gasteiger partial charge in [0.15, 0.2) is 0 Å². The van der Waals surface area contributed by atoms with Crippen LogP contribution in [0.4, 0.5) is 0 Å². The number of methoxy groups -OCH3 is 1. The Balaban J connectivity index is 1.97. The molecule has 2 rings (SSSR count). The molecule has 0 saturated carbocycles. The number of aryl methyl sites for hydroxylation is 2. The van der Waals surface area contributed by atoms with E-state index in [0.717, 1.165) is 11.4 Å². The summed E-state index contributed by atoms with van der Waals surface area (Å²) in [5, 5.41) is 3.05. The minimum Gasteiger partial charge on any atom is -0.468 e. The first-order valence-electron chi connectivity index (χ1n) is 5.88. The van der Waals surface area contributed by atoms with Crippen LogP contribution in [0.25, 0.3) is 0 Å². The Hall–Kier alpha value is -1.69. The molecule has 1 aliphatic heterocycles. The van der Waals surface area contributed by atoms with Crippen molar-refractivity contribution in [1.82, 2.24) is 15.3 Å². The van der Waals surface area contributed by atoms with Crippen LogP contribution in [0.1, 0.15) is 17.8 Å². The highest BCUT2D eigenvalue weighted by molar-refractivity contribution is 5.76. The molecule has 0 radical (unpaired) electrons. The second-order valence-corrected chi connectivity index (χ2v) is 4.39. The Morgan fingerprint density at radius 1 is 1.39 bits per heavy atom. The number of carbonyl (C=O) groups excluding carboxylic acids is 1. The van der Waals surface area contributed by atoms with Crippen LogP contribution in [0.2, 0.25) is 0 Å². The molecule has 0 bridgehead atoms. The third-order valence-electron chi connectivity index (χ3n) is 2.81. The molecule has 2 heterocycles. The average molecular weight is 251 g/mol. The van der Waals surface area contributed by atoms with Gasteiger partial charge in [0.05, 0.1) is 7.11 Å². The molecule has 1 saturated heterocycles. The number of hydrogen-bond donors (Lipinski definition) is 1. The predicted octanol–water partition coefficient (Wildman–Crippen LogP) is 0.376. The lowest BCUT2D eigenvalue weighted by molar-refractivity contribution is -0.142. The Morgan fingerprint density at radius 2 is 2.06 bits per heavy atom. The first kappa shape index (κ1) is 12.8. The number of nitrogens with zero attached hydrogens (tertiary/aromatic N) is 2. The second-order valence-electron chi connectivity index (χ2n) is 4.39. The van der Waals surface area contributed by atoms with Gasteiger partial charge in [-0.1, -0.05) is 0 Å². The molecule has 2 unspecified atom stereocenters. The van der Waals surface area contributed by atoms with Crippen molar-refractivity contribution in [2.24, 2.45) is 0 Å². The monoisotopic (exact) mass is 251 g/mol. The minimum absolute atomic E-state index is 0.102. The van der Waals surface area contributed by atoms with Gasteiger partial charge in [-0.2, -0.15) is 0 Å². The minimum atomic E-state index is -0.300. The molecule has 98 valence electrons. The highest BCUT2D eigenvalue weighted by Crippen LogP contribution is 2.15. The highest BCUT2D eigenvalue weighted by atomic mass is 16.5. The third kappa shape index (κ3) is 2.95. The molecule has 6 heteroatoms. The van der Waals surface area contributed by atoms with Crippen LogP contribution >= 0.6 is 0 Å². The summed E-state index contributed by atoms with van der Waals surface area (Å²) in [7, 11) is 1.38. The van der Waals surface area contributed by atoms with Crippen LogP contribution in [0, 0.1) is 13.8 Å². The van der Waals surface area contributed by atoms with E-state index in [1.54, 1.807) is 0 Å². The Kier molecular flexibility index (Phi) is 3.76. The molecule has 0 amide bonds. The molecule has 0 aromatic carbocycles. The van der Waals surface area contributed by atoms with Crippen molar-refractivity contribution >= 4 is 5.97 Å². The fraction of sp³-hybridized carbons (Fsp3) is 0.583. The van der Waals surface area contributed by atoms with Gasteiger partial charge < -0.3 is 14.8 Å². The maximum Gasteiger partial charge on any atom is 0.323 e. The molecule has 2 atom stereocenters. The van der Waals surface area contributed by atoms with Gasteiger partial charge in [-0.15, -0.1) is 0 Å². The van der Waals surface area contributed by atoms with Crippen molar-refractivity contribution < 1.29 is 14.3 Å². The lowest BCUT2D eigenvalue weighted by Crippen LogP contribution is -2.31. The van der Waals surface area contributed by atoms with Gasteiger partial charge in [-0.05, 0) is 19.9 Å². The summed E-state index contributed by atoms with van der Waals surface area (Å²) in [6.45, 7) is 4.38. The number of nitrogens with one attached hydrogen (secondary N) is 1. The van der Waals surface area contributed by atoms with Crippen molar-refractivity contribution in [3.8, 4) is 6.01 Å². The van der Waals surface area contributed by atoms with Gasteiger partial charge in [0.1, 0.15) is 12.1 Å². The average Bonchev–Trinajstić information content (AvgIpc) is 2.75. The first-order valence-corrected chi connectivity index (χ1v) is 5.88. The molecule has 6 nitrogen and oxygen atoms in total. The SMILES string of the molecule is COC(=O)C1CC(Oc2nc(C)cc(C)n2)CN1. The highest BCUT2D eigenvalue weighted by Gasteiger charge is 2.31. The second kappa shape index (κ2) is 5.30. The number of ether oxygens (including phenoxy) is 2. The molecule has 1 N–H and O–H groups in total. The lowest BCUT2D eigenvalue weighted by Gasteiger charge is -2.11. The van der Waals surface area contributed by atoms with E-state index in [9.17, 15) is 4.79 Å². The summed E-state index contributed by atoms with van der Waals surface area (Å²) in [5.74, 6) is -0.262. The topological polar surface area (TPSA) is 73.3 Å². The van der Waals surface area contributed by atoms with E-state index < -0.39 is 0 Å². The van der Waals surface area contributed by atoms with E-state index in [1.165, 1.54) is 7.11 Å². The largest absolute Gasteiger partial charge is 0.468 e. The Bertz CT molecular complexity index is 430. The fourth-order valence-electron chi connectivity index (χ4n) is 2.01. The van der Waals surface area contributed by atoms with E-state index in [2.05, 4.69) is 20.0 Å². The summed E-state index contributed by atoms with van der Waals surface area (Å²) < 4.78 is 10.4. The number of carbonyl (C=O) groups is 1. The quantitative estimate of drug-likeness (QED) is 0.783. The number of hydrogen-bond acceptors (Lipinski definition) is 6. The van der Waals surface area contributed by atoms with E-state index in [4.69, 9.17) is 4.74 Å². The summed E-state index contributed by atoms with van der Waals surface area (Å²) in [6, 6.07) is 1.95. The van der Waals surface area contributed by atoms with Gasteiger partial charge in [0.2, 0.25) is 0 Å². The predicted molar refractivity (Wildman–Crippen MR) is 64.3 cm³/mol. The molecular weight excluding hydrogens is 234 g/mol. The van der Waals surface area contributed by atoms with E-state index >= 15 is 0 Å². The summed E-state index contributed by atoms with van der Waals surface area (Å²) in [5.41, 5.74) is 1.74. The zero-order chi connectivity index (χ0) is 13.1.